The van der Waals surface area contributed by atoms with E-state index < -0.39 is 21.8 Å². The third-order valence-corrected chi connectivity index (χ3v) is 6.76. The van der Waals surface area contributed by atoms with Gasteiger partial charge in [-0.1, -0.05) is 12.1 Å². The Kier molecular flexibility index (Phi) is 6.18. The third kappa shape index (κ3) is 4.79. The smallest absolute Gasteiger partial charge is 0.348 e. The second-order valence-corrected chi connectivity index (χ2v) is 9.42. The predicted molar refractivity (Wildman–Crippen MR) is 122 cm³/mol. The highest BCUT2D eigenvalue weighted by atomic mass is 32.2. The Morgan fingerprint density at radius 1 is 1.14 bits per heavy atom. The van der Waals surface area contributed by atoms with E-state index in [9.17, 15) is 26.9 Å². The molecule has 3 aromatic heterocycles. The molecule has 4 rings (SSSR count). The van der Waals surface area contributed by atoms with E-state index in [1.54, 1.807) is 19.1 Å². The van der Waals surface area contributed by atoms with Crippen LogP contribution in [0.1, 0.15) is 29.7 Å². The number of rotatable bonds is 6. The molecule has 0 saturated heterocycles. The molecular formula is C22H18F3N7O2S. The number of benzene rings is 1. The molecule has 0 radical (unpaired) electrons. The Morgan fingerprint density at radius 2 is 1.86 bits per heavy atom. The molecule has 13 heteroatoms. The van der Waals surface area contributed by atoms with Gasteiger partial charge in [0.2, 0.25) is 16.0 Å². The molecule has 0 aliphatic rings. The van der Waals surface area contributed by atoms with E-state index >= 15 is 0 Å². The molecule has 3 heterocycles. The number of sulfonamides is 1. The quantitative estimate of drug-likeness (QED) is 0.363. The fourth-order valence-corrected chi connectivity index (χ4v) is 4.15. The van der Waals surface area contributed by atoms with Gasteiger partial charge in [0.25, 0.3) is 0 Å². The number of H-pyrrole nitrogens is 1. The van der Waals surface area contributed by atoms with Gasteiger partial charge in [-0.05, 0) is 37.7 Å². The third-order valence-electron chi connectivity index (χ3n) is 5.33. The lowest BCUT2D eigenvalue weighted by Crippen LogP contribution is -2.18. The van der Waals surface area contributed by atoms with Crippen LogP contribution in [0.5, 0.6) is 0 Å². The van der Waals surface area contributed by atoms with Gasteiger partial charge in [-0.3, -0.25) is 0 Å². The van der Waals surface area contributed by atoms with Gasteiger partial charge in [-0.15, -0.1) is 0 Å². The maximum absolute atomic E-state index is 13.2. The van der Waals surface area contributed by atoms with Crippen molar-refractivity contribution in [2.24, 2.45) is 0 Å². The van der Waals surface area contributed by atoms with Crippen molar-refractivity contribution in [2.75, 3.05) is 12.4 Å². The molecule has 9 nitrogen and oxygen atoms in total. The average Bonchev–Trinajstić information content (AvgIpc) is 3.26. The number of fused-ring (bicyclic) bond motifs is 1. The van der Waals surface area contributed by atoms with Crippen LogP contribution in [0, 0.1) is 11.3 Å². The molecule has 1 aromatic carbocycles. The number of alkyl halides is 3. The fourth-order valence-electron chi connectivity index (χ4n) is 3.42. The highest BCUT2D eigenvalue weighted by Crippen LogP contribution is 2.35. The van der Waals surface area contributed by atoms with Crippen molar-refractivity contribution >= 4 is 27.0 Å². The Hall–Kier alpha value is -4.02. The van der Waals surface area contributed by atoms with Crippen LogP contribution in [-0.2, 0) is 16.2 Å². The summed E-state index contributed by atoms with van der Waals surface area (Å²) in [6, 6.07) is 8.74. The van der Waals surface area contributed by atoms with E-state index in [2.05, 4.69) is 30.0 Å². The number of aromatic nitrogens is 4. The molecule has 0 saturated carbocycles. The van der Waals surface area contributed by atoms with Crippen molar-refractivity contribution in [3.05, 3.63) is 65.6 Å². The van der Waals surface area contributed by atoms with Crippen LogP contribution < -0.4 is 10.0 Å². The fraction of sp³-hybridized carbons (Fsp3) is 0.182. The number of anilines is 1. The van der Waals surface area contributed by atoms with Gasteiger partial charge in [0.15, 0.2) is 0 Å². The largest absolute Gasteiger partial charge is 0.417 e. The number of hydrogen-bond acceptors (Lipinski definition) is 7. The molecule has 1 atom stereocenters. The van der Waals surface area contributed by atoms with Gasteiger partial charge in [0, 0.05) is 23.3 Å². The summed E-state index contributed by atoms with van der Waals surface area (Å²) in [6.07, 6.45) is -1.13. The molecule has 0 fully saturated rings. The van der Waals surface area contributed by atoms with Crippen molar-refractivity contribution in [3.63, 3.8) is 0 Å². The van der Waals surface area contributed by atoms with Crippen LogP contribution in [0.2, 0.25) is 0 Å². The number of halogens is 3. The number of aromatic amines is 1. The zero-order valence-corrected chi connectivity index (χ0v) is 19.2. The summed E-state index contributed by atoms with van der Waals surface area (Å²) in [7, 11) is -2.25. The SMILES string of the molecule is CNS(=O)(=O)c1ccc([C@@H](C)Nc2ncc(C#N)c(-c3c[nH]c4ncc(C(F)(F)F)cc34)n2)cc1. The molecular weight excluding hydrogens is 483 g/mol. The minimum absolute atomic E-state index is 0.0724. The number of nitriles is 1. The second-order valence-electron chi connectivity index (χ2n) is 7.53. The Morgan fingerprint density at radius 3 is 2.49 bits per heavy atom. The summed E-state index contributed by atoms with van der Waals surface area (Å²) < 4.78 is 65.7. The van der Waals surface area contributed by atoms with Crippen LogP contribution >= 0.6 is 0 Å². The van der Waals surface area contributed by atoms with E-state index in [0.29, 0.717) is 0 Å². The van der Waals surface area contributed by atoms with Crippen molar-refractivity contribution in [3.8, 4) is 17.3 Å². The second kappa shape index (κ2) is 8.97. The van der Waals surface area contributed by atoms with Crippen LogP contribution in [0.25, 0.3) is 22.3 Å². The lowest BCUT2D eigenvalue weighted by Gasteiger charge is -2.15. The van der Waals surface area contributed by atoms with E-state index in [1.807, 2.05) is 6.07 Å². The monoisotopic (exact) mass is 501 g/mol. The number of pyridine rings is 1. The molecule has 35 heavy (non-hydrogen) atoms. The topological polar surface area (TPSA) is 136 Å². The number of nitrogens with one attached hydrogen (secondary N) is 3. The summed E-state index contributed by atoms with van der Waals surface area (Å²) >= 11 is 0. The Balaban J connectivity index is 1.68. The van der Waals surface area contributed by atoms with Crippen LogP contribution in [0.3, 0.4) is 0 Å². The summed E-state index contributed by atoms with van der Waals surface area (Å²) in [5.74, 6) is 0.132. The summed E-state index contributed by atoms with van der Waals surface area (Å²) in [5.41, 5.74) is 0.517. The van der Waals surface area contributed by atoms with E-state index in [0.717, 1.165) is 17.8 Å². The number of nitrogens with zero attached hydrogens (tertiary/aromatic N) is 4. The van der Waals surface area contributed by atoms with Crippen molar-refractivity contribution in [1.82, 2.24) is 24.7 Å². The highest BCUT2D eigenvalue weighted by molar-refractivity contribution is 7.89. The molecule has 0 aliphatic heterocycles. The van der Waals surface area contributed by atoms with Crippen LogP contribution in [0.4, 0.5) is 19.1 Å². The molecule has 0 bridgehead atoms. The number of hydrogen-bond donors (Lipinski definition) is 3. The average molecular weight is 501 g/mol. The van der Waals surface area contributed by atoms with Gasteiger partial charge >= 0.3 is 6.18 Å². The minimum atomic E-state index is -4.58. The van der Waals surface area contributed by atoms with E-state index in [4.69, 9.17) is 0 Å². The Bertz CT molecular complexity index is 1540. The van der Waals surface area contributed by atoms with E-state index in [-0.39, 0.29) is 44.7 Å². The maximum Gasteiger partial charge on any atom is 0.417 e. The lowest BCUT2D eigenvalue weighted by molar-refractivity contribution is -0.137. The first-order chi connectivity index (χ1) is 16.5. The molecule has 0 aliphatic carbocycles. The highest BCUT2D eigenvalue weighted by Gasteiger charge is 2.31. The molecule has 0 unspecified atom stereocenters. The first-order valence-corrected chi connectivity index (χ1v) is 11.6. The normalized spacial score (nSPS) is 12.9. The predicted octanol–water partition coefficient (Wildman–Crippen LogP) is 3.99. The summed E-state index contributed by atoms with van der Waals surface area (Å²) in [6.45, 7) is 1.80. The molecule has 0 spiro atoms. The van der Waals surface area contributed by atoms with Gasteiger partial charge < -0.3 is 10.3 Å². The minimum Gasteiger partial charge on any atom is -0.348 e. The maximum atomic E-state index is 13.2. The van der Waals surface area contributed by atoms with Gasteiger partial charge in [0.1, 0.15) is 11.7 Å². The Labute approximate surface area is 198 Å². The van der Waals surface area contributed by atoms with Crippen LogP contribution in [-0.4, -0.2) is 35.4 Å². The van der Waals surface area contributed by atoms with Gasteiger partial charge in [0.05, 0.1) is 34.0 Å². The van der Waals surface area contributed by atoms with Crippen molar-refractivity contribution < 1.29 is 21.6 Å². The van der Waals surface area contributed by atoms with Gasteiger partial charge in [-0.2, -0.15) is 18.4 Å². The van der Waals surface area contributed by atoms with Crippen LogP contribution in [0.15, 0.2) is 53.8 Å². The van der Waals surface area contributed by atoms with E-state index in [1.165, 1.54) is 31.6 Å². The first kappa shape index (κ1) is 24.1. The van der Waals surface area contributed by atoms with Crippen molar-refractivity contribution in [2.45, 2.75) is 24.0 Å². The van der Waals surface area contributed by atoms with Gasteiger partial charge in [-0.25, -0.2) is 28.1 Å². The summed E-state index contributed by atoms with van der Waals surface area (Å²) in [4.78, 5) is 15.3. The molecule has 0 amide bonds. The molecule has 4 aromatic rings. The van der Waals surface area contributed by atoms with Crippen molar-refractivity contribution in [1.29, 1.82) is 5.26 Å². The zero-order chi connectivity index (χ0) is 25.4. The lowest BCUT2D eigenvalue weighted by atomic mass is 10.1. The standard InChI is InChI=1S/C22H18F3N7O2S/c1-12(13-3-5-16(6-4-13)35(33,34)27-2)31-21-30-9-14(8-26)19(32-21)18-11-29-20-17(18)7-15(10-28-20)22(23,24)25/h3-7,9-12,27H,1-2H3,(H,28,29)(H,30,31,32)/t12-/m1/s1. The molecule has 3 N–H and O–H groups in total. The molecule has 180 valence electrons. The summed E-state index contributed by atoms with van der Waals surface area (Å²) in [5, 5.41) is 12.8. The first-order valence-electron chi connectivity index (χ1n) is 10.2. The zero-order valence-electron chi connectivity index (χ0n) is 18.3.